The molecule has 1 heterocycles. The molecule has 1 fully saturated rings. The molecule has 0 bridgehead atoms. The fraction of sp³-hybridized carbons (Fsp3) is 0.769. The van der Waals surface area contributed by atoms with Crippen molar-refractivity contribution in [2.45, 2.75) is 31.8 Å². The van der Waals surface area contributed by atoms with Crippen molar-refractivity contribution in [3.63, 3.8) is 0 Å². The van der Waals surface area contributed by atoms with E-state index >= 15 is 0 Å². The molecule has 0 amide bonds. The van der Waals surface area contributed by atoms with Crippen LogP contribution >= 0.6 is 0 Å². The van der Waals surface area contributed by atoms with E-state index in [0.717, 1.165) is 37.8 Å². The standard InChI is InChI=1S/C13H24N4O/c1-16(2)8-9-17-12(13(18-3)10-15-17)6-7-14-11-4-5-11/h10-11,14H,4-9H2,1-3H3. The Bertz CT molecular complexity index is 371. The highest BCUT2D eigenvalue weighted by Crippen LogP contribution is 2.20. The third kappa shape index (κ3) is 3.71. The van der Waals surface area contributed by atoms with Crippen molar-refractivity contribution in [2.75, 3.05) is 34.3 Å². The number of hydrogen-bond acceptors (Lipinski definition) is 4. The summed E-state index contributed by atoms with van der Waals surface area (Å²) in [4.78, 5) is 2.17. The molecule has 1 aliphatic rings. The second-order valence-electron chi connectivity index (χ2n) is 5.16. The number of nitrogens with zero attached hydrogens (tertiary/aromatic N) is 3. The van der Waals surface area contributed by atoms with Crippen molar-refractivity contribution in [2.24, 2.45) is 0 Å². The molecule has 0 radical (unpaired) electrons. The minimum absolute atomic E-state index is 0.758. The molecule has 1 saturated carbocycles. The van der Waals surface area contributed by atoms with Gasteiger partial charge in [-0.05, 0) is 26.9 Å². The largest absolute Gasteiger partial charge is 0.493 e. The van der Waals surface area contributed by atoms with Crippen molar-refractivity contribution in [1.82, 2.24) is 20.0 Å². The number of nitrogens with one attached hydrogen (secondary N) is 1. The molecule has 18 heavy (non-hydrogen) atoms. The van der Waals surface area contributed by atoms with Gasteiger partial charge in [-0.3, -0.25) is 4.68 Å². The molecule has 102 valence electrons. The predicted octanol–water partition coefficient (Wildman–Crippen LogP) is 0.748. The summed E-state index contributed by atoms with van der Waals surface area (Å²) in [5, 5.41) is 7.94. The predicted molar refractivity (Wildman–Crippen MR) is 72.1 cm³/mol. The summed E-state index contributed by atoms with van der Waals surface area (Å²) in [6.07, 6.45) is 5.46. The third-order valence-electron chi connectivity index (χ3n) is 3.26. The lowest BCUT2D eigenvalue weighted by Gasteiger charge is -2.13. The molecule has 0 unspecified atom stereocenters. The Labute approximate surface area is 109 Å². The first-order valence-corrected chi connectivity index (χ1v) is 6.67. The Morgan fingerprint density at radius 2 is 2.28 bits per heavy atom. The van der Waals surface area contributed by atoms with Gasteiger partial charge in [0.05, 0.1) is 25.5 Å². The van der Waals surface area contributed by atoms with Gasteiger partial charge in [0.25, 0.3) is 0 Å². The van der Waals surface area contributed by atoms with E-state index in [-0.39, 0.29) is 0 Å². The van der Waals surface area contributed by atoms with Crippen molar-refractivity contribution < 1.29 is 4.74 Å². The number of likely N-dealkylation sites (N-methyl/N-ethyl adjacent to an activating group) is 1. The highest BCUT2D eigenvalue weighted by Gasteiger charge is 2.20. The summed E-state index contributed by atoms with van der Waals surface area (Å²) < 4.78 is 7.44. The fourth-order valence-electron chi connectivity index (χ4n) is 1.99. The van der Waals surface area contributed by atoms with Crippen molar-refractivity contribution >= 4 is 0 Å². The van der Waals surface area contributed by atoms with E-state index in [0.29, 0.717) is 0 Å². The zero-order chi connectivity index (χ0) is 13.0. The minimum Gasteiger partial charge on any atom is -0.493 e. The van der Waals surface area contributed by atoms with E-state index in [1.165, 1.54) is 18.5 Å². The monoisotopic (exact) mass is 252 g/mol. The van der Waals surface area contributed by atoms with Gasteiger partial charge in [-0.2, -0.15) is 5.10 Å². The van der Waals surface area contributed by atoms with Gasteiger partial charge in [-0.15, -0.1) is 0 Å². The number of methoxy groups -OCH3 is 1. The Morgan fingerprint density at radius 3 is 2.89 bits per heavy atom. The Balaban J connectivity index is 1.91. The van der Waals surface area contributed by atoms with Gasteiger partial charge in [0.15, 0.2) is 5.75 Å². The normalized spacial score (nSPS) is 15.3. The average molecular weight is 252 g/mol. The molecule has 0 saturated heterocycles. The van der Waals surface area contributed by atoms with E-state index in [1.54, 1.807) is 7.11 Å². The average Bonchev–Trinajstić information content (AvgIpc) is 3.07. The molecule has 0 aromatic carbocycles. The number of ether oxygens (including phenoxy) is 1. The molecule has 1 aromatic heterocycles. The Morgan fingerprint density at radius 1 is 1.50 bits per heavy atom. The Kier molecular flexibility index (Phi) is 4.60. The SMILES string of the molecule is COc1cnn(CCN(C)C)c1CCNC1CC1. The first kappa shape index (κ1) is 13.4. The molecule has 5 heteroatoms. The van der Waals surface area contributed by atoms with Crippen LogP contribution in [-0.2, 0) is 13.0 Å². The molecule has 0 spiro atoms. The molecule has 1 aliphatic carbocycles. The summed E-state index contributed by atoms with van der Waals surface area (Å²) in [5.41, 5.74) is 1.20. The van der Waals surface area contributed by atoms with Gasteiger partial charge in [0.1, 0.15) is 0 Å². The molecule has 1 N–H and O–H groups in total. The van der Waals surface area contributed by atoms with Crippen LogP contribution in [0.15, 0.2) is 6.20 Å². The lowest BCUT2D eigenvalue weighted by molar-refractivity contribution is 0.365. The number of hydrogen-bond donors (Lipinski definition) is 1. The van der Waals surface area contributed by atoms with Crippen molar-refractivity contribution in [1.29, 1.82) is 0 Å². The van der Waals surface area contributed by atoms with Gasteiger partial charge in [0, 0.05) is 25.6 Å². The third-order valence-corrected chi connectivity index (χ3v) is 3.26. The highest BCUT2D eigenvalue weighted by molar-refractivity contribution is 5.25. The smallest absolute Gasteiger partial charge is 0.159 e. The van der Waals surface area contributed by atoms with E-state index < -0.39 is 0 Å². The first-order valence-electron chi connectivity index (χ1n) is 6.67. The molecule has 0 aliphatic heterocycles. The molecule has 5 nitrogen and oxygen atoms in total. The molecular weight excluding hydrogens is 228 g/mol. The molecule has 0 atom stereocenters. The maximum absolute atomic E-state index is 5.38. The van der Waals surface area contributed by atoms with E-state index in [1.807, 2.05) is 6.20 Å². The maximum Gasteiger partial charge on any atom is 0.159 e. The van der Waals surface area contributed by atoms with Crippen molar-refractivity contribution in [3.8, 4) is 5.75 Å². The molecular formula is C13H24N4O. The molecule has 1 aromatic rings. The lowest BCUT2D eigenvalue weighted by Crippen LogP contribution is -2.23. The second kappa shape index (κ2) is 6.20. The van der Waals surface area contributed by atoms with Crippen LogP contribution in [0.2, 0.25) is 0 Å². The van der Waals surface area contributed by atoms with Gasteiger partial charge >= 0.3 is 0 Å². The quantitative estimate of drug-likeness (QED) is 0.741. The minimum atomic E-state index is 0.758. The number of aromatic nitrogens is 2. The second-order valence-corrected chi connectivity index (χ2v) is 5.16. The van der Waals surface area contributed by atoms with Crippen LogP contribution in [0.1, 0.15) is 18.5 Å². The Hall–Kier alpha value is -1.07. The van der Waals surface area contributed by atoms with Gasteiger partial charge < -0.3 is 15.0 Å². The summed E-state index contributed by atoms with van der Waals surface area (Å²) >= 11 is 0. The van der Waals surface area contributed by atoms with Crippen LogP contribution < -0.4 is 10.1 Å². The van der Waals surface area contributed by atoms with Crippen LogP contribution in [0.4, 0.5) is 0 Å². The summed E-state index contributed by atoms with van der Waals surface area (Å²) in [5.74, 6) is 0.909. The topological polar surface area (TPSA) is 42.3 Å². The summed E-state index contributed by atoms with van der Waals surface area (Å²) in [6, 6.07) is 0.758. The zero-order valence-electron chi connectivity index (χ0n) is 11.6. The van der Waals surface area contributed by atoms with E-state index in [4.69, 9.17) is 4.74 Å². The van der Waals surface area contributed by atoms with Crippen molar-refractivity contribution in [3.05, 3.63) is 11.9 Å². The first-order chi connectivity index (χ1) is 8.70. The maximum atomic E-state index is 5.38. The van der Waals surface area contributed by atoms with Gasteiger partial charge in [-0.25, -0.2) is 0 Å². The van der Waals surface area contributed by atoms with Crippen LogP contribution in [0.5, 0.6) is 5.75 Å². The van der Waals surface area contributed by atoms with Crippen LogP contribution in [0, 0.1) is 0 Å². The fourth-order valence-corrected chi connectivity index (χ4v) is 1.99. The van der Waals surface area contributed by atoms with Crippen LogP contribution in [-0.4, -0.2) is 55.0 Å². The number of rotatable bonds is 8. The highest BCUT2D eigenvalue weighted by atomic mass is 16.5. The van der Waals surface area contributed by atoms with Crippen LogP contribution in [0.3, 0.4) is 0 Å². The molecule has 2 rings (SSSR count). The van der Waals surface area contributed by atoms with Gasteiger partial charge in [-0.1, -0.05) is 0 Å². The summed E-state index contributed by atoms with van der Waals surface area (Å²) in [6.45, 7) is 2.91. The van der Waals surface area contributed by atoms with Crippen LogP contribution in [0.25, 0.3) is 0 Å². The zero-order valence-corrected chi connectivity index (χ0v) is 11.6. The van der Waals surface area contributed by atoms with Gasteiger partial charge in [0.2, 0.25) is 0 Å². The lowest BCUT2D eigenvalue weighted by atomic mass is 10.3. The van der Waals surface area contributed by atoms with E-state index in [9.17, 15) is 0 Å². The van der Waals surface area contributed by atoms with E-state index in [2.05, 4.69) is 34.1 Å². The summed E-state index contributed by atoms with van der Waals surface area (Å²) in [7, 11) is 5.87.